The van der Waals surface area contributed by atoms with Crippen LogP contribution in [0.4, 0.5) is 5.13 Å². The minimum atomic E-state index is 0.618. The minimum absolute atomic E-state index is 0.618. The predicted molar refractivity (Wildman–Crippen MR) is 90.1 cm³/mol. The van der Waals surface area contributed by atoms with Crippen molar-refractivity contribution >= 4 is 16.5 Å². The lowest BCUT2D eigenvalue weighted by Crippen LogP contribution is -2.36. The summed E-state index contributed by atoms with van der Waals surface area (Å²) >= 11 is 1.77. The average Bonchev–Trinajstić information content (AvgIpc) is 2.96. The molecule has 1 fully saturated rings. The van der Waals surface area contributed by atoms with Crippen LogP contribution in [0.25, 0.3) is 0 Å². The first-order valence-electron chi connectivity index (χ1n) is 7.97. The number of hydrogen-bond acceptors (Lipinski definition) is 6. The van der Waals surface area contributed by atoms with E-state index in [0.717, 1.165) is 55.0 Å². The lowest BCUT2D eigenvalue weighted by atomic mass is 10.1. The van der Waals surface area contributed by atoms with Gasteiger partial charge in [-0.1, -0.05) is 6.07 Å². The Balaban J connectivity index is 1.53. The van der Waals surface area contributed by atoms with E-state index in [-0.39, 0.29) is 0 Å². The van der Waals surface area contributed by atoms with Crippen molar-refractivity contribution in [2.45, 2.75) is 13.3 Å². The van der Waals surface area contributed by atoms with Crippen LogP contribution in [0, 0.1) is 6.92 Å². The lowest BCUT2D eigenvalue weighted by Gasteiger charge is -2.26. The highest BCUT2D eigenvalue weighted by Gasteiger charge is 2.18. The molecule has 0 aliphatic carbocycles. The fourth-order valence-corrected chi connectivity index (χ4v) is 3.83. The Kier molecular flexibility index (Phi) is 4.10. The van der Waals surface area contributed by atoms with Gasteiger partial charge in [0.15, 0.2) is 16.6 Å². The van der Waals surface area contributed by atoms with E-state index in [0.29, 0.717) is 13.2 Å². The van der Waals surface area contributed by atoms with Crippen molar-refractivity contribution in [1.29, 1.82) is 0 Å². The molecule has 2 aromatic rings. The highest BCUT2D eigenvalue weighted by molar-refractivity contribution is 7.15. The molecule has 122 valence electrons. The highest BCUT2D eigenvalue weighted by Crippen LogP contribution is 2.33. The average molecular weight is 332 g/mol. The molecule has 2 aliphatic heterocycles. The van der Waals surface area contributed by atoms with Crippen LogP contribution in [0.2, 0.25) is 0 Å². The lowest BCUT2D eigenvalue weighted by molar-refractivity contribution is 0.122. The van der Waals surface area contributed by atoms with Gasteiger partial charge in [0.2, 0.25) is 0 Å². The summed E-state index contributed by atoms with van der Waals surface area (Å²) in [4.78, 5) is 8.45. The second kappa shape index (κ2) is 6.37. The van der Waals surface area contributed by atoms with Crippen LogP contribution in [0.5, 0.6) is 11.5 Å². The maximum Gasteiger partial charge on any atom is 0.185 e. The highest BCUT2D eigenvalue weighted by atomic mass is 32.1. The van der Waals surface area contributed by atoms with Crippen molar-refractivity contribution in [3.8, 4) is 11.5 Å². The number of thiazole rings is 1. The van der Waals surface area contributed by atoms with Gasteiger partial charge in [-0.15, -0.1) is 11.3 Å². The molecule has 0 saturated carbocycles. The third-order valence-corrected chi connectivity index (χ3v) is 5.22. The standard InChI is InChI=1S/C17H20N2O3S/c1-12-14(18-17(23-12)19-4-6-20-7-5-19)10-13-2-3-15-16(11-13)22-9-8-21-15/h2-3,11H,4-10H2,1H3. The quantitative estimate of drug-likeness (QED) is 0.864. The Bertz CT molecular complexity index is 695. The fraction of sp³-hybridized carbons (Fsp3) is 0.471. The van der Waals surface area contributed by atoms with E-state index in [9.17, 15) is 0 Å². The van der Waals surface area contributed by atoms with Gasteiger partial charge in [0, 0.05) is 24.4 Å². The summed E-state index contributed by atoms with van der Waals surface area (Å²) in [5.41, 5.74) is 2.35. The summed E-state index contributed by atoms with van der Waals surface area (Å²) < 4.78 is 16.7. The Morgan fingerprint density at radius 3 is 2.70 bits per heavy atom. The number of fused-ring (bicyclic) bond motifs is 1. The van der Waals surface area contributed by atoms with Gasteiger partial charge in [0.25, 0.3) is 0 Å². The van der Waals surface area contributed by atoms with E-state index in [1.54, 1.807) is 11.3 Å². The Labute approximate surface area is 139 Å². The first kappa shape index (κ1) is 14.8. The van der Waals surface area contributed by atoms with Gasteiger partial charge in [-0.25, -0.2) is 4.98 Å². The van der Waals surface area contributed by atoms with E-state index in [1.807, 2.05) is 6.07 Å². The minimum Gasteiger partial charge on any atom is -0.486 e. The molecule has 1 aromatic heterocycles. The second-order valence-corrected chi connectivity index (χ2v) is 6.94. The molecular weight excluding hydrogens is 312 g/mol. The molecular formula is C17H20N2O3S. The number of aromatic nitrogens is 1. The first-order valence-corrected chi connectivity index (χ1v) is 8.79. The van der Waals surface area contributed by atoms with E-state index >= 15 is 0 Å². The molecule has 1 aromatic carbocycles. The van der Waals surface area contributed by atoms with Crippen molar-refractivity contribution in [3.63, 3.8) is 0 Å². The van der Waals surface area contributed by atoms with E-state index in [4.69, 9.17) is 19.2 Å². The smallest absolute Gasteiger partial charge is 0.185 e. The van der Waals surface area contributed by atoms with Crippen molar-refractivity contribution in [3.05, 3.63) is 34.3 Å². The van der Waals surface area contributed by atoms with E-state index in [1.165, 1.54) is 10.4 Å². The van der Waals surface area contributed by atoms with Crippen LogP contribution >= 0.6 is 11.3 Å². The van der Waals surface area contributed by atoms with Gasteiger partial charge in [-0.3, -0.25) is 0 Å². The van der Waals surface area contributed by atoms with Crippen LogP contribution in [0.15, 0.2) is 18.2 Å². The number of rotatable bonds is 3. The molecule has 0 bridgehead atoms. The number of aryl methyl sites for hydroxylation is 1. The van der Waals surface area contributed by atoms with Crippen molar-refractivity contribution in [2.75, 3.05) is 44.4 Å². The maximum absolute atomic E-state index is 5.67. The van der Waals surface area contributed by atoms with E-state index in [2.05, 4.69) is 24.0 Å². The van der Waals surface area contributed by atoms with Gasteiger partial charge in [0.1, 0.15) is 13.2 Å². The molecule has 4 rings (SSSR count). The molecule has 0 unspecified atom stereocenters. The number of benzene rings is 1. The number of ether oxygens (including phenoxy) is 3. The third-order valence-electron chi connectivity index (χ3n) is 4.14. The molecule has 5 nitrogen and oxygen atoms in total. The molecule has 23 heavy (non-hydrogen) atoms. The number of nitrogens with zero attached hydrogens (tertiary/aromatic N) is 2. The zero-order chi connectivity index (χ0) is 15.6. The topological polar surface area (TPSA) is 43.8 Å². The van der Waals surface area contributed by atoms with Crippen LogP contribution < -0.4 is 14.4 Å². The van der Waals surface area contributed by atoms with Gasteiger partial charge >= 0.3 is 0 Å². The molecule has 6 heteroatoms. The van der Waals surface area contributed by atoms with Crippen molar-refractivity contribution in [2.24, 2.45) is 0 Å². The number of morpholine rings is 1. The Morgan fingerprint density at radius 2 is 1.87 bits per heavy atom. The largest absolute Gasteiger partial charge is 0.486 e. The molecule has 0 atom stereocenters. The summed E-state index contributed by atoms with van der Waals surface area (Å²) in [6.45, 7) is 6.82. The van der Waals surface area contributed by atoms with E-state index < -0.39 is 0 Å². The normalized spacial score (nSPS) is 17.3. The summed E-state index contributed by atoms with van der Waals surface area (Å²) in [7, 11) is 0. The van der Waals surface area contributed by atoms with Gasteiger partial charge < -0.3 is 19.1 Å². The van der Waals surface area contributed by atoms with Crippen molar-refractivity contribution in [1.82, 2.24) is 4.98 Å². The predicted octanol–water partition coefficient (Wildman–Crippen LogP) is 2.65. The SMILES string of the molecule is Cc1sc(N2CCOCC2)nc1Cc1ccc2c(c1)OCCO2. The molecule has 3 heterocycles. The summed E-state index contributed by atoms with van der Waals surface area (Å²) in [5.74, 6) is 1.68. The zero-order valence-electron chi connectivity index (χ0n) is 13.2. The molecule has 0 spiro atoms. The Hall–Kier alpha value is -1.79. The maximum atomic E-state index is 5.67. The second-order valence-electron chi connectivity index (χ2n) is 5.75. The molecule has 0 N–H and O–H groups in total. The zero-order valence-corrected chi connectivity index (χ0v) is 14.0. The van der Waals surface area contributed by atoms with Crippen LogP contribution in [0.3, 0.4) is 0 Å². The third kappa shape index (κ3) is 3.14. The molecule has 2 aliphatic rings. The molecule has 0 radical (unpaired) electrons. The van der Waals surface area contributed by atoms with Crippen LogP contribution in [0.1, 0.15) is 16.1 Å². The fourth-order valence-electron chi connectivity index (χ4n) is 2.86. The molecule has 0 amide bonds. The summed E-state index contributed by atoms with van der Waals surface area (Å²) in [5, 5.41) is 1.11. The molecule has 1 saturated heterocycles. The van der Waals surface area contributed by atoms with Gasteiger partial charge in [-0.05, 0) is 24.6 Å². The van der Waals surface area contributed by atoms with Crippen LogP contribution in [-0.2, 0) is 11.2 Å². The van der Waals surface area contributed by atoms with Crippen molar-refractivity contribution < 1.29 is 14.2 Å². The first-order chi connectivity index (χ1) is 11.3. The summed E-state index contributed by atoms with van der Waals surface area (Å²) in [6, 6.07) is 6.16. The Morgan fingerprint density at radius 1 is 1.09 bits per heavy atom. The number of anilines is 1. The number of hydrogen-bond donors (Lipinski definition) is 0. The van der Waals surface area contributed by atoms with Crippen LogP contribution in [-0.4, -0.2) is 44.5 Å². The van der Waals surface area contributed by atoms with Gasteiger partial charge in [-0.2, -0.15) is 0 Å². The van der Waals surface area contributed by atoms with Gasteiger partial charge in [0.05, 0.1) is 18.9 Å². The monoisotopic (exact) mass is 332 g/mol. The summed E-state index contributed by atoms with van der Waals surface area (Å²) in [6.07, 6.45) is 0.823.